The molecule has 84 valence electrons. The van der Waals surface area contributed by atoms with Crippen molar-refractivity contribution >= 4 is 39.3 Å². The summed E-state index contributed by atoms with van der Waals surface area (Å²) in [4.78, 5) is 13.1. The van der Waals surface area contributed by atoms with Gasteiger partial charge in [-0.15, -0.1) is 0 Å². The fourth-order valence-electron chi connectivity index (χ4n) is 0.877. The van der Waals surface area contributed by atoms with E-state index >= 15 is 0 Å². The molecule has 4 nitrogen and oxygen atoms in total. The predicted octanol–water partition coefficient (Wildman–Crippen LogP) is 3.67. The quantitative estimate of drug-likeness (QED) is 0.517. The van der Waals surface area contributed by atoms with Crippen molar-refractivity contribution in [1.29, 1.82) is 0 Å². The molecule has 0 saturated carbocycles. The fraction of sp³-hybridized carbons (Fsp3) is 0.100. The number of halogens is 2. The van der Waals surface area contributed by atoms with Crippen LogP contribution in [0.1, 0.15) is 6.92 Å². The van der Waals surface area contributed by atoms with E-state index in [2.05, 4.69) is 26.2 Å². The molecule has 0 radical (unpaired) electrons. The number of allylic oxidation sites excluding steroid dienone is 1. The van der Waals surface area contributed by atoms with Gasteiger partial charge in [0.25, 0.3) is 5.91 Å². The van der Waals surface area contributed by atoms with Crippen LogP contribution in [0.4, 0.5) is 5.69 Å². The van der Waals surface area contributed by atoms with E-state index in [0.29, 0.717) is 11.4 Å². The summed E-state index contributed by atoms with van der Waals surface area (Å²) >= 11 is 8.24. The molecule has 1 aromatic rings. The Morgan fingerprint density at radius 2 is 2.00 bits per heavy atom. The minimum atomic E-state index is -0.453. The van der Waals surface area contributed by atoms with Crippen molar-refractivity contribution in [3.05, 3.63) is 40.5 Å². The highest BCUT2D eigenvalue weighted by Crippen LogP contribution is 2.17. The zero-order valence-electron chi connectivity index (χ0n) is 8.45. The van der Waals surface area contributed by atoms with Crippen LogP contribution in [0, 0.1) is 0 Å². The number of carbonyl (C=O) groups is 1. The Balaban J connectivity index is 2.82. The highest BCUT2D eigenvalue weighted by atomic mass is 79.9. The van der Waals surface area contributed by atoms with E-state index in [1.165, 1.54) is 0 Å². The first-order valence-corrected chi connectivity index (χ1v) is 5.56. The maximum Gasteiger partial charge on any atom is 0.274 e. The van der Waals surface area contributed by atoms with Gasteiger partial charge in [0.1, 0.15) is 4.48 Å². The van der Waals surface area contributed by atoms with Gasteiger partial charge in [-0.1, -0.05) is 18.2 Å². The van der Waals surface area contributed by atoms with Gasteiger partial charge in [0.15, 0.2) is 0 Å². The molecule has 0 aliphatic heterocycles. The van der Waals surface area contributed by atoms with Crippen molar-refractivity contribution in [2.75, 3.05) is 0 Å². The summed E-state index contributed by atoms with van der Waals surface area (Å²) in [6.07, 6.45) is 0. The summed E-state index contributed by atoms with van der Waals surface area (Å²) in [5, 5.41) is 7.86. The topological polar surface area (TPSA) is 53.8 Å². The van der Waals surface area contributed by atoms with Gasteiger partial charge in [-0.25, -0.2) is 0 Å². The van der Waals surface area contributed by atoms with Gasteiger partial charge < -0.3 is 0 Å². The van der Waals surface area contributed by atoms with E-state index in [1.807, 2.05) is 35.2 Å². The van der Waals surface area contributed by atoms with Crippen LogP contribution < -0.4 is 4.84 Å². The average molecular weight is 303 g/mol. The molecule has 0 unspecified atom stereocenters. The largest absolute Gasteiger partial charge is 0.274 e. The minimum absolute atomic E-state index is 0.252. The second-order valence-electron chi connectivity index (χ2n) is 2.86. The number of hydrogen-bond donors (Lipinski definition) is 1. The zero-order chi connectivity index (χ0) is 12.0. The average Bonchev–Trinajstić information content (AvgIpc) is 2.35. The molecule has 1 N–H and O–H groups in total. The molecule has 16 heavy (non-hydrogen) atoms. The van der Waals surface area contributed by atoms with E-state index < -0.39 is 5.91 Å². The number of benzene rings is 1. The summed E-state index contributed by atoms with van der Waals surface area (Å²) < 4.78 is 0.252. The Labute approximate surface area is 107 Å². The van der Waals surface area contributed by atoms with Crippen molar-refractivity contribution in [2.24, 2.45) is 10.2 Å². The van der Waals surface area contributed by atoms with Gasteiger partial charge in [0.2, 0.25) is 0 Å². The van der Waals surface area contributed by atoms with Crippen LogP contribution in [0.2, 0.25) is 0 Å². The van der Waals surface area contributed by atoms with Gasteiger partial charge in [0.05, 0.1) is 11.4 Å². The van der Waals surface area contributed by atoms with E-state index in [9.17, 15) is 4.79 Å². The van der Waals surface area contributed by atoms with Gasteiger partial charge in [-0.3, -0.25) is 9.63 Å². The zero-order valence-corrected chi connectivity index (χ0v) is 10.8. The Morgan fingerprint density at radius 3 is 2.56 bits per heavy atom. The first-order chi connectivity index (χ1) is 7.65. The van der Waals surface area contributed by atoms with Crippen molar-refractivity contribution in [3.8, 4) is 0 Å². The van der Waals surface area contributed by atoms with E-state index in [0.717, 1.165) is 0 Å². The Hall–Kier alpha value is -1.20. The normalized spacial score (nSPS) is 12.4. The highest BCUT2D eigenvalue weighted by Gasteiger charge is 2.07. The maximum absolute atomic E-state index is 11.1. The summed E-state index contributed by atoms with van der Waals surface area (Å²) in [5.74, 6) is -0.453. The number of carbonyl (C=O) groups excluding carboxylic acids is 1. The number of amides is 1. The lowest BCUT2D eigenvalue weighted by molar-refractivity contribution is -0.115. The molecule has 0 fully saturated rings. The fourth-order valence-corrected chi connectivity index (χ4v) is 1.26. The third-order valence-electron chi connectivity index (χ3n) is 1.67. The molecule has 0 spiro atoms. The lowest BCUT2D eigenvalue weighted by Crippen LogP contribution is -2.12. The lowest BCUT2D eigenvalue weighted by atomic mass is 10.3. The minimum Gasteiger partial charge on any atom is -0.267 e. The molecule has 0 atom stereocenters. The summed E-state index contributed by atoms with van der Waals surface area (Å²) in [7, 11) is 0. The van der Waals surface area contributed by atoms with Crippen LogP contribution in [0.15, 0.2) is 50.7 Å². The van der Waals surface area contributed by atoms with E-state index in [-0.39, 0.29) is 4.48 Å². The molecule has 0 heterocycles. The SMILES string of the molecule is C/C(N=Nc1ccccc1)=C(\Br)C(=O)NCl. The first kappa shape index (κ1) is 12.9. The summed E-state index contributed by atoms with van der Waals surface area (Å²) in [6, 6.07) is 9.22. The van der Waals surface area contributed by atoms with Crippen LogP contribution >= 0.6 is 27.7 Å². The van der Waals surface area contributed by atoms with Crippen molar-refractivity contribution in [2.45, 2.75) is 6.92 Å². The molecule has 1 aromatic carbocycles. The second-order valence-corrected chi connectivity index (χ2v) is 3.84. The van der Waals surface area contributed by atoms with Crippen LogP contribution in [0.3, 0.4) is 0 Å². The Kier molecular flexibility index (Phi) is 5.14. The monoisotopic (exact) mass is 301 g/mol. The number of hydrogen-bond acceptors (Lipinski definition) is 3. The van der Waals surface area contributed by atoms with Crippen LogP contribution in [-0.2, 0) is 4.79 Å². The van der Waals surface area contributed by atoms with Crippen molar-refractivity contribution in [3.63, 3.8) is 0 Å². The number of nitrogens with one attached hydrogen (secondary N) is 1. The number of rotatable bonds is 3. The molecule has 0 aliphatic carbocycles. The molecule has 1 amide bonds. The number of azo groups is 1. The molecular formula is C10H9BrClN3O. The third-order valence-corrected chi connectivity index (χ3v) is 2.78. The van der Waals surface area contributed by atoms with Gasteiger partial charge in [-0.2, -0.15) is 10.2 Å². The van der Waals surface area contributed by atoms with E-state index in [4.69, 9.17) is 11.8 Å². The first-order valence-electron chi connectivity index (χ1n) is 4.39. The van der Waals surface area contributed by atoms with Crippen LogP contribution in [0.5, 0.6) is 0 Å². The van der Waals surface area contributed by atoms with Crippen LogP contribution in [-0.4, -0.2) is 5.91 Å². The lowest BCUT2D eigenvalue weighted by Gasteiger charge is -1.97. The Bertz CT molecular complexity index is 431. The van der Waals surface area contributed by atoms with Gasteiger partial charge in [-0.05, 0) is 35.0 Å². The molecular weight excluding hydrogens is 293 g/mol. The van der Waals surface area contributed by atoms with Crippen LogP contribution in [0.25, 0.3) is 0 Å². The van der Waals surface area contributed by atoms with Crippen molar-refractivity contribution < 1.29 is 4.79 Å². The van der Waals surface area contributed by atoms with E-state index in [1.54, 1.807) is 6.92 Å². The smallest absolute Gasteiger partial charge is 0.267 e. The third kappa shape index (κ3) is 3.75. The van der Waals surface area contributed by atoms with Gasteiger partial charge >= 0.3 is 0 Å². The second kappa shape index (κ2) is 6.40. The Morgan fingerprint density at radius 1 is 1.38 bits per heavy atom. The predicted molar refractivity (Wildman–Crippen MR) is 66.6 cm³/mol. The maximum atomic E-state index is 11.1. The van der Waals surface area contributed by atoms with Gasteiger partial charge in [0, 0.05) is 11.8 Å². The molecule has 1 rings (SSSR count). The molecule has 0 saturated heterocycles. The number of nitrogens with zero attached hydrogens (tertiary/aromatic N) is 2. The molecule has 0 bridgehead atoms. The molecule has 0 aromatic heterocycles. The molecule has 6 heteroatoms. The standard InChI is InChI=1S/C10H9BrClN3O/c1-7(9(11)10(16)13-12)14-15-8-5-3-2-4-6-8/h2-6H,1H3,(H,13,16)/b9-7+,15-14?. The molecule has 0 aliphatic rings. The highest BCUT2D eigenvalue weighted by molar-refractivity contribution is 9.12. The summed E-state index contributed by atoms with van der Waals surface area (Å²) in [5.41, 5.74) is 1.16. The summed E-state index contributed by atoms with van der Waals surface area (Å²) in [6.45, 7) is 1.66. The van der Waals surface area contributed by atoms with Crippen molar-refractivity contribution in [1.82, 2.24) is 4.84 Å².